The standard InChI is InChI=1S/C67H42N4O/c1-3-20-46(21-4-1)70(60-27-13-18-43-15-8-11-25-50(43)60)48-30-32-54-58(39-48)67(56-35-37-68-41-63(56)72-64-42-69-38-36-57(64)67)59-40-62(55-34-33-52-49-24-10-7-17-45(49)29-31-53(52)65(55)66(54)59)71(47-22-5-2-6-23-47)61-28-14-19-44-16-9-12-26-51(44)61/h1-42H. The van der Waals surface area contributed by atoms with Crippen molar-refractivity contribution < 1.29 is 4.74 Å². The first-order valence-corrected chi connectivity index (χ1v) is 24.5. The largest absolute Gasteiger partial charge is 0.453 e. The van der Waals surface area contributed by atoms with Gasteiger partial charge in [-0.15, -0.1) is 0 Å². The lowest BCUT2D eigenvalue weighted by Gasteiger charge is -2.40. The first kappa shape index (κ1) is 40.3. The molecule has 2 aromatic heterocycles. The summed E-state index contributed by atoms with van der Waals surface area (Å²) in [7, 11) is 0. The molecule has 0 bridgehead atoms. The van der Waals surface area contributed by atoms with Gasteiger partial charge in [0.05, 0.1) is 34.9 Å². The van der Waals surface area contributed by atoms with Gasteiger partial charge in [0.1, 0.15) is 0 Å². The van der Waals surface area contributed by atoms with Crippen molar-refractivity contribution in [3.63, 3.8) is 0 Å². The number of pyridine rings is 2. The third-order valence-electron chi connectivity index (χ3n) is 15.2. The number of anilines is 6. The van der Waals surface area contributed by atoms with Gasteiger partial charge in [0, 0.05) is 56.7 Å². The molecule has 2 aliphatic rings. The van der Waals surface area contributed by atoms with E-state index in [-0.39, 0.29) is 0 Å². The van der Waals surface area contributed by atoms with Crippen LogP contribution in [0.2, 0.25) is 0 Å². The molecule has 11 aromatic carbocycles. The summed E-state index contributed by atoms with van der Waals surface area (Å²) in [4.78, 5) is 14.3. The Morgan fingerprint density at radius 3 is 1.51 bits per heavy atom. The lowest BCUT2D eigenvalue weighted by Crippen LogP contribution is -2.32. The number of ether oxygens (including phenoxy) is 1. The van der Waals surface area contributed by atoms with Gasteiger partial charge in [-0.25, -0.2) is 0 Å². The van der Waals surface area contributed by atoms with Gasteiger partial charge in [0.25, 0.3) is 0 Å². The first-order chi connectivity index (χ1) is 35.7. The summed E-state index contributed by atoms with van der Waals surface area (Å²) in [5.74, 6) is 1.41. The van der Waals surface area contributed by atoms with E-state index < -0.39 is 5.41 Å². The molecule has 5 heteroatoms. The molecule has 0 saturated heterocycles. The fraction of sp³-hybridized carbons (Fsp3) is 0.0149. The van der Waals surface area contributed by atoms with Crippen LogP contribution in [0.1, 0.15) is 22.3 Å². The van der Waals surface area contributed by atoms with Crippen molar-refractivity contribution >= 4 is 88.0 Å². The fourth-order valence-corrected chi connectivity index (χ4v) is 12.3. The number of rotatable bonds is 6. The number of hydrogen-bond donors (Lipinski definition) is 0. The molecule has 1 aliphatic carbocycles. The van der Waals surface area contributed by atoms with Crippen molar-refractivity contribution in [1.29, 1.82) is 0 Å². The maximum Gasteiger partial charge on any atom is 0.150 e. The zero-order valence-electron chi connectivity index (χ0n) is 38.9. The van der Waals surface area contributed by atoms with E-state index >= 15 is 0 Å². The molecule has 0 saturated carbocycles. The van der Waals surface area contributed by atoms with E-state index in [4.69, 9.17) is 14.7 Å². The van der Waals surface area contributed by atoms with Gasteiger partial charge < -0.3 is 14.5 Å². The predicted molar refractivity (Wildman–Crippen MR) is 296 cm³/mol. The monoisotopic (exact) mass is 918 g/mol. The summed E-state index contributed by atoms with van der Waals surface area (Å²) in [6.45, 7) is 0. The van der Waals surface area contributed by atoms with E-state index in [1.807, 2.05) is 24.8 Å². The van der Waals surface area contributed by atoms with Crippen LogP contribution in [0.15, 0.2) is 255 Å². The predicted octanol–water partition coefficient (Wildman–Crippen LogP) is 17.7. The minimum absolute atomic E-state index is 0.704. The van der Waals surface area contributed by atoms with Gasteiger partial charge in [-0.3, -0.25) is 9.97 Å². The number of benzene rings is 11. The highest BCUT2D eigenvalue weighted by molar-refractivity contribution is 6.26. The molecule has 0 radical (unpaired) electrons. The Morgan fingerprint density at radius 2 is 0.861 bits per heavy atom. The Morgan fingerprint density at radius 1 is 0.333 bits per heavy atom. The van der Waals surface area contributed by atoms with Gasteiger partial charge in [0.2, 0.25) is 0 Å². The molecule has 72 heavy (non-hydrogen) atoms. The SMILES string of the molecule is c1ccc(N(c2ccc3c(c2)C2(c4ccncc4Oc4cnccc42)c2cc(N(c4ccccc4)c4cccc5ccccc45)c4ccc5c6ccccc6ccc5c4c2-3)c2cccc3ccccc23)cc1. The van der Waals surface area contributed by atoms with Crippen LogP contribution in [-0.4, -0.2) is 9.97 Å². The Labute approximate surface area is 416 Å². The highest BCUT2D eigenvalue weighted by Crippen LogP contribution is 2.65. The summed E-state index contributed by atoms with van der Waals surface area (Å²) in [6.07, 6.45) is 7.58. The summed E-state index contributed by atoms with van der Waals surface area (Å²) in [6, 6.07) is 84.4. The second-order valence-corrected chi connectivity index (χ2v) is 18.9. The lowest BCUT2D eigenvalue weighted by molar-refractivity contribution is 0.431. The highest BCUT2D eigenvalue weighted by atomic mass is 16.5. The molecule has 0 atom stereocenters. The van der Waals surface area contributed by atoms with Crippen molar-refractivity contribution in [3.05, 3.63) is 278 Å². The average molecular weight is 919 g/mol. The third kappa shape index (κ3) is 5.76. The normalized spacial score (nSPS) is 12.9. The van der Waals surface area contributed by atoms with E-state index in [1.54, 1.807) is 0 Å². The molecule has 0 N–H and O–H groups in total. The van der Waals surface area contributed by atoms with Crippen molar-refractivity contribution in [3.8, 4) is 22.6 Å². The number of nitrogens with zero attached hydrogens (tertiary/aromatic N) is 4. The summed E-state index contributed by atoms with van der Waals surface area (Å²) in [5, 5.41) is 11.9. The molecule has 5 nitrogen and oxygen atoms in total. The molecular formula is C67H42N4O. The van der Waals surface area contributed by atoms with Crippen molar-refractivity contribution in [2.45, 2.75) is 5.41 Å². The zero-order chi connectivity index (χ0) is 47.3. The Balaban J connectivity index is 1.13. The van der Waals surface area contributed by atoms with E-state index in [9.17, 15) is 0 Å². The van der Waals surface area contributed by atoms with Gasteiger partial charge >= 0.3 is 0 Å². The maximum atomic E-state index is 6.88. The van der Waals surface area contributed by atoms with Crippen molar-refractivity contribution in [2.24, 2.45) is 0 Å². The van der Waals surface area contributed by atoms with Crippen LogP contribution in [0.25, 0.3) is 65.0 Å². The fourth-order valence-electron chi connectivity index (χ4n) is 12.3. The minimum atomic E-state index is -0.889. The molecule has 0 fully saturated rings. The van der Waals surface area contributed by atoms with Crippen LogP contribution in [0.5, 0.6) is 11.5 Å². The van der Waals surface area contributed by atoms with Gasteiger partial charge in [-0.05, 0) is 127 Å². The van der Waals surface area contributed by atoms with Crippen LogP contribution in [0.4, 0.5) is 34.1 Å². The molecule has 3 heterocycles. The van der Waals surface area contributed by atoms with Crippen LogP contribution in [-0.2, 0) is 5.41 Å². The Hall–Kier alpha value is -9.58. The molecule has 0 amide bonds. The van der Waals surface area contributed by atoms with E-state index in [0.717, 1.165) is 56.2 Å². The minimum Gasteiger partial charge on any atom is -0.453 e. The first-order valence-electron chi connectivity index (χ1n) is 24.5. The van der Waals surface area contributed by atoms with E-state index in [2.05, 4.69) is 240 Å². The topological polar surface area (TPSA) is 41.5 Å². The zero-order valence-corrected chi connectivity index (χ0v) is 38.9. The van der Waals surface area contributed by atoms with Crippen LogP contribution in [0, 0.1) is 0 Å². The smallest absolute Gasteiger partial charge is 0.150 e. The Bertz CT molecular complexity index is 4290. The van der Waals surface area contributed by atoms with Crippen LogP contribution >= 0.6 is 0 Å². The molecule has 1 spiro atoms. The van der Waals surface area contributed by atoms with Crippen molar-refractivity contribution in [2.75, 3.05) is 9.80 Å². The molecule has 15 rings (SSSR count). The van der Waals surface area contributed by atoms with Gasteiger partial charge in [-0.1, -0.05) is 164 Å². The molecule has 336 valence electrons. The van der Waals surface area contributed by atoms with E-state index in [0.29, 0.717) is 11.5 Å². The van der Waals surface area contributed by atoms with Gasteiger partial charge in [-0.2, -0.15) is 0 Å². The average Bonchev–Trinajstić information content (AvgIpc) is 3.73. The number of hydrogen-bond acceptors (Lipinski definition) is 5. The number of aromatic nitrogens is 2. The highest BCUT2D eigenvalue weighted by Gasteiger charge is 2.53. The molecular weight excluding hydrogens is 877 g/mol. The molecule has 13 aromatic rings. The van der Waals surface area contributed by atoms with Crippen LogP contribution in [0.3, 0.4) is 0 Å². The van der Waals surface area contributed by atoms with Crippen LogP contribution < -0.4 is 14.5 Å². The summed E-state index contributed by atoms with van der Waals surface area (Å²) >= 11 is 0. The third-order valence-corrected chi connectivity index (χ3v) is 15.2. The second kappa shape index (κ2) is 15.7. The lowest BCUT2D eigenvalue weighted by atomic mass is 9.66. The maximum absolute atomic E-state index is 6.88. The summed E-state index contributed by atoms with van der Waals surface area (Å²) < 4.78 is 6.88. The Kier molecular flexibility index (Phi) is 8.80. The second-order valence-electron chi connectivity index (χ2n) is 18.9. The number of para-hydroxylation sites is 2. The molecule has 1 aliphatic heterocycles. The van der Waals surface area contributed by atoms with Gasteiger partial charge in [0.15, 0.2) is 11.5 Å². The van der Waals surface area contributed by atoms with Crippen molar-refractivity contribution in [1.82, 2.24) is 9.97 Å². The summed E-state index contributed by atoms with van der Waals surface area (Å²) in [5.41, 5.74) is 12.3. The number of fused-ring (bicyclic) bond motifs is 17. The quantitative estimate of drug-likeness (QED) is 0.155. The van der Waals surface area contributed by atoms with E-state index in [1.165, 1.54) is 65.2 Å². The molecule has 0 unspecified atom stereocenters.